The molecule has 0 spiro atoms. The minimum atomic E-state index is -0.563. The van der Waals surface area contributed by atoms with Gasteiger partial charge >= 0.3 is 0 Å². The van der Waals surface area contributed by atoms with E-state index in [1.807, 2.05) is 4.90 Å². The molecule has 1 aliphatic rings. The number of hydrogen-bond donors (Lipinski definition) is 2. The van der Waals surface area contributed by atoms with E-state index in [0.717, 1.165) is 12.8 Å². The normalized spacial score (nSPS) is 13.9. The number of primary amides is 1. The van der Waals surface area contributed by atoms with Crippen LogP contribution in [-0.4, -0.2) is 23.5 Å². The lowest BCUT2D eigenvalue weighted by Crippen LogP contribution is -2.28. The fourth-order valence-corrected chi connectivity index (χ4v) is 1.87. The molecule has 6 nitrogen and oxygen atoms in total. The van der Waals surface area contributed by atoms with Gasteiger partial charge in [-0.2, -0.15) is 5.26 Å². The highest BCUT2D eigenvalue weighted by Gasteiger charge is 2.30. The van der Waals surface area contributed by atoms with Crippen molar-refractivity contribution in [1.82, 2.24) is 4.98 Å². The first-order chi connectivity index (χ1) is 8.63. The molecule has 1 saturated carbocycles. The lowest BCUT2D eigenvalue weighted by Gasteiger charge is -2.22. The van der Waals surface area contributed by atoms with Gasteiger partial charge < -0.3 is 16.4 Å². The zero-order valence-corrected chi connectivity index (χ0v) is 9.97. The Morgan fingerprint density at radius 2 is 2.33 bits per heavy atom. The third-order valence-corrected chi connectivity index (χ3v) is 2.93. The van der Waals surface area contributed by atoms with Crippen LogP contribution in [-0.2, 0) is 0 Å². The van der Waals surface area contributed by atoms with Gasteiger partial charge in [0.25, 0.3) is 5.91 Å². The molecule has 0 radical (unpaired) electrons. The maximum absolute atomic E-state index is 11.2. The molecule has 0 saturated heterocycles. The number of carbonyl (C=O) groups is 1. The second kappa shape index (κ2) is 4.92. The smallest absolute Gasteiger partial charge is 0.250 e. The Labute approximate surface area is 105 Å². The maximum atomic E-state index is 11.2. The molecule has 94 valence electrons. The van der Waals surface area contributed by atoms with E-state index in [2.05, 4.69) is 11.1 Å². The monoisotopic (exact) mass is 245 g/mol. The van der Waals surface area contributed by atoms with Gasteiger partial charge in [0.05, 0.1) is 29.9 Å². The highest BCUT2D eigenvalue weighted by Crippen LogP contribution is 2.31. The van der Waals surface area contributed by atoms with Gasteiger partial charge in [-0.3, -0.25) is 4.79 Å². The topological polar surface area (TPSA) is 109 Å². The van der Waals surface area contributed by atoms with Gasteiger partial charge in [0.15, 0.2) is 0 Å². The van der Waals surface area contributed by atoms with Gasteiger partial charge in [0, 0.05) is 12.6 Å². The second-order valence-corrected chi connectivity index (χ2v) is 4.33. The minimum absolute atomic E-state index is 0.280. The molecule has 1 aromatic heterocycles. The Morgan fingerprint density at radius 1 is 1.61 bits per heavy atom. The second-order valence-electron chi connectivity index (χ2n) is 4.33. The van der Waals surface area contributed by atoms with Crippen LogP contribution in [0.25, 0.3) is 0 Å². The SMILES string of the molecule is N#CCCN(c1cc(C(N)=O)c(N)cn1)C1CC1. The molecular weight excluding hydrogens is 230 g/mol. The average Bonchev–Trinajstić information content (AvgIpc) is 3.15. The third kappa shape index (κ3) is 2.51. The van der Waals surface area contributed by atoms with Crippen LogP contribution in [0.5, 0.6) is 0 Å². The number of hydrogen-bond acceptors (Lipinski definition) is 5. The minimum Gasteiger partial charge on any atom is -0.397 e. The van der Waals surface area contributed by atoms with Gasteiger partial charge in [-0.25, -0.2) is 4.98 Å². The van der Waals surface area contributed by atoms with Gasteiger partial charge in [-0.05, 0) is 18.9 Å². The number of anilines is 2. The zero-order valence-electron chi connectivity index (χ0n) is 9.97. The molecule has 1 fully saturated rings. The summed E-state index contributed by atoms with van der Waals surface area (Å²) in [5.41, 5.74) is 11.5. The molecule has 1 amide bonds. The molecule has 2 rings (SSSR count). The Hall–Kier alpha value is -2.29. The van der Waals surface area contributed by atoms with Crippen molar-refractivity contribution in [2.45, 2.75) is 25.3 Å². The van der Waals surface area contributed by atoms with Gasteiger partial charge in [-0.1, -0.05) is 0 Å². The fraction of sp³-hybridized carbons (Fsp3) is 0.417. The third-order valence-electron chi connectivity index (χ3n) is 2.93. The number of rotatable bonds is 5. The Bertz CT molecular complexity index is 504. The summed E-state index contributed by atoms with van der Waals surface area (Å²) in [6.07, 6.45) is 4.04. The van der Waals surface area contributed by atoms with Crippen molar-refractivity contribution < 1.29 is 4.79 Å². The molecule has 18 heavy (non-hydrogen) atoms. The standard InChI is InChI=1S/C12H15N5O/c13-4-1-5-17(8-2-3-8)11-6-9(12(15)18)10(14)7-16-11/h6-8H,1-3,5,14H2,(H2,15,18). The number of nitrogens with two attached hydrogens (primary N) is 2. The molecule has 6 heteroatoms. The summed E-state index contributed by atoms with van der Waals surface area (Å²) in [5.74, 6) is 0.0999. The van der Waals surface area contributed by atoms with E-state index in [9.17, 15) is 4.79 Å². The maximum Gasteiger partial charge on any atom is 0.250 e. The summed E-state index contributed by atoms with van der Waals surface area (Å²) >= 11 is 0. The van der Waals surface area contributed by atoms with Crippen molar-refractivity contribution in [2.75, 3.05) is 17.2 Å². The molecule has 0 bridgehead atoms. The lowest BCUT2D eigenvalue weighted by atomic mass is 10.2. The van der Waals surface area contributed by atoms with E-state index in [4.69, 9.17) is 16.7 Å². The highest BCUT2D eigenvalue weighted by atomic mass is 16.1. The van der Waals surface area contributed by atoms with Crippen LogP contribution in [0.2, 0.25) is 0 Å². The number of nitrogen functional groups attached to an aromatic ring is 1. The number of amides is 1. The van der Waals surface area contributed by atoms with Crippen LogP contribution in [0, 0.1) is 11.3 Å². The molecular formula is C12H15N5O. The number of carbonyl (C=O) groups excluding carboxylic acids is 1. The summed E-state index contributed by atoms with van der Waals surface area (Å²) in [6.45, 7) is 0.607. The van der Waals surface area contributed by atoms with E-state index in [-0.39, 0.29) is 11.3 Å². The molecule has 0 atom stereocenters. The van der Waals surface area contributed by atoms with E-state index >= 15 is 0 Å². The summed E-state index contributed by atoms with van der Waals surface area (Å²) in [7, 11) is 0. The number of pyridine rings is 1. The van der Waals surface area contributed by atoms with Crippen LogP contribution < -0.4 is 16.4 Å². The first-order valence-corrected chi connectivity index (χ1v) is 5.82. The van der Waals surface area contributed by atoms with E-state index in [1.54, 1.807) is 6.07 Å². The highest BCUT2D eigenvalue weighted by molar-refractivity contribution is 5.98. The van der Waals surface area contributed by atoms with Crippen LogP contribution in [0.15, 0.2) is 12.3 Å². The van der Waals surface area contributed by atoms with Gasteiger partial charge in [0.2, 0.25) is 0 Å². The molecule has 0 aliphatic heterocycles. The van der Waals surface area contributed by atoms with Crippen LogP contribution in [0.3, 0.4) is 0 Å². The molecule has 0 unspecified atom stereocenters. The van der Waals surface area contributed by atoms with Crippen LogP contribution >= 0.6 is 0 Å². The van der Waals surface area contributed by atoms with E-state index in [0.29, 0.717) is 24.8 Å². The predicted octanol–water partition coefficient (Wildman–Crippen LogP) is 0.645. The Balaban J connectivity index is 2.27. The first kappa shape index (κ1) is 12.2. The summed E-state index contributed by atoms with van der Waals surface area (Å²) < 4.78 is 0. The van der Waals surface area contributed by atoms with Crippen molar-refractivity contribution in [1.29, 1.82) is 5.26 Å². The summed E-state index contributed by atoms with van der Waals surface area (Å²) in [6, 6.07) is 4.13. The Kier molecular flexibility index (Phi) is 3.33. The molecule has 1 heterocycles. The average molecular weight is 245 g/mol. The first-order valence-electron chi connectivity index (χ1n) is 5.82. The van der Waals surface area contributed by atoms with Gasteiger partial charge in [0.1, 0.15) is 5.82 Å². The van der Waals surface area contributed by atoms with Gasteiger partial charge in [-0.15, -0.1) is 0 Å². The fourth-order valence-electron chi connectivity index (χ4n) is 1.87. The van der Waals surface area contributed by atoms with Crippen molar-refractivity contribution in [3.63, 3.8) is 0 Å². The molecule has 4 N–H and O–H groups in total. The lowest BCUT2D eigenvalue weighted by molar-refractivity contribution is 0.100. The molecule has 1 aromatic rings. The van der Waals surface area contributed by atoms with Crippen molar-refractivity contribution >= 4 is 17.4 Å². The van der Waals surface area contributed by atoms with Crippen LogP contribution in [0.4, 0.5) is 11.5 Å². The van der Waals surface area contributed by atoms with Crippen molar-refractivity contribution in [3.05, 3.63) is 17.8 Å². The van der Waals surface area contributed by atoms with Crippen LogP contribution in [0.1, 0.15) is 29.6 Å². The number of nitrogens with zero attached hydrogens (tertiary/aromatic N) is 3. The largest absolute Gasteiger partial charge is 0.397 e. The predicted molar refractivity (Wildman–Crippen MR) is 67.8 cm³/mol. The van der Waals surface area contributed by atoms with Crippen molar-refractivity contribution in [3.8, 4) is 6.07 Å². The van der Waals surface area contributed by atoms with Crippen molar-refractivity contribution in [2.24, 2.45) is 5.73 Å². The number of nitriles is 1. The zero-order chi connectivity index (χ0) is 13.1. The quantitative estimate of drug-likeness (QED) is 0.791. The number of aromatic nitrogens is 1. The molecule has 1 aliphatic carbocycles. The van der Waals surface area contributed by atoms with E-state index < -0.39 is 5.91 Å². The Morgan fingerprint density at radius 3 is 2.89 bits per heavy atom. The summed E-state index contributed by atoms with van der Waals surface area (Å²) in [5, 5.41) is 8.66. The molecule has 0 aromatic carbocycles. The van der Waals surface area contributed by atoms with E-state index in [1.165, 1.54) is 6.20 Å². The summed E-state index contributed by atoms with van der Waals surface area (Å²) in [4.78, 5) is 17.5.